The van der Waals surface area contributed by atoms with Gasteiger partial charge in [-0.3, -0.25) is 0 Å². The van der Waals surface area contributed by atoms with Gasteiger partial charge >= 0.3 is 0 Å². The average molecular weight is 155 g/mol. The first-order valence-corrected chi connectivity index (χ1v) is 4.16. The van der Waals surface area contributed by atoms with Crippen molar-refractivity contribution in [3.8, 4) is 0 Å². The minimum atomic E-state index is 0.830. The molecular formula is C10H10BN. The number of aryl methyl sites for hydroxylation is 1. The third kappa shape index (κ3) is 1.04. The average Bonchev–Trinajstić information content (AvgIpc) is 2.46. The predicted octanol–water partition coefficient (Wildman–Crippen LogP) is 1.52. The van der Waals surface area contributed by atoms with E-state index >= 15 is 0 Å². The van der Waals surface area contributed by atoms with Gasteiger partial charge in [-0.05, 0) is 18.1 Å². The van der Waals surface area contributed by atoms with Gasteiger partial charge in [0.15, 0.2) is 0 Å². The monoisotopic (exact) mass is 155 g/mol. The normalized spacial score (nSPS) is 10.8. The molecule has 0 aliphatic heterocycles. The number of fused-ring (bicyclic) bond motifs is 1. The standard InChI is InChI=1S/C10H10BN/c1-2-7-6-12-10-4-3-8(11)5-9(7)10/h3-6,12H,2H2,1H3. The van der Waals surface area contributed by atoms with E-state index in [1.54, 1.807) is 0 Å². The van der Waals surface area contributed by atoms with E-state index in [9.17, 15) is 0 Å². The van der Waals surface area contributed by atoms with Gasteiger partial charge in [0.2, 0.25) is 0 Å². The van der Waals surface area contributed by atoms with Crippen LogP contribution in [0.2, 0.25) is 0 Å². The molecule has 0 fully saturated rings. The Bertz CT molecular complexity index is 403. The molecule has 0 aliphatic rings. The summed E-state index contributed by atoms with van der Waals surface area (Å²) in [6.07, 6.45) is 3.09. The summed E-state index contributed by atoms with van der Waals surface area (Å²) >= 11 is 0. The Morgan fingerprint density at radius 3 is 3.00 bits per heavy atom. The molecule has 58 valence electrons. The van der Waals surface area contributed by atoms with Crippen molar-refractivity contribution in [1.29, 1.82) is 0 Å². The number of hydrogen-bond acceptors (Lipinski definition) is 0. The summed E-state index contributed by atoms with van der Waals surface area (Å²) in [5.74, 6) is 0. The van der Waals surface area contributed by atoms with Gasteiger partial charge in [0.1, 0.15) is 7.85 Å². The first-order valence-electron chi connectivity index (χ1n) is 4.16. The van der Waals surface area contributed by atoms with Gasteiger partial charge in [-0.25, -0.2) is 0 Å². The van der Waals surface area contributed by atoms with Crippen LogP contribution in [0, 0.1) is 0 Å². The van der Waals surface area contributed by atoms with Crippen LogP contribution in [0.25, 0.3) is 10.9 Å². The third-order valence-electron chi connectivity index (χ3n) is 2.17. The van der Waals surface area contributed by atoms with Crippen LogP contribution in [0.5, 0.6) is 0 Å². The van der Waals surface area contributed by atoms with Crippen LogP contribution in [-0.2, 0) is 6.42 Å². The molecule has 1 nitrogen and oxygen atoms in total. The summed E-state index contributed by atoms with van der Waals surface area (Å²) in [5, 5.41) is 1.25. The molecular weight excluding hydrogens is 145 g/mol. The van der Waals surface area contributed by atoms with Crippen LogP contribution in [-0.4, -0.2) is 12.8 Å². The van der Waals surface area contributed by atoms with Crippen molar-refractivity contribution in [3.05, 3.63) is 30.0 Å². The zero-order valence-electron chi connectivity index (χ0n) is 7.09. The number of H-pyrrole nitrogens is 1. The quantitative estimate of drug-likeness (QED) is 0.601. The summed E-state index contributed by atoms with van der Waals surface area (Å²) in [7, 11) is 5.69. The second-order valence-electron chi connectivity index (χ2n) is 2.97. The van der Waals surface area contributed by atoms with Crippen LogP contribution < -0.4 is 5.46 Å². The summed E-state index contributed by atoms with van der Waals surface area (Å²) in [6, 6.07) is 5.95. The lowest BCUT2D eigenvalue weighted by Gasteiger charge is -1.95. The summed E-state index contributed by atoms with van der Waals surface area (Å²) < 4.78 is 0. The number of aromatic amines is 1. The van der Waals surface area contributed by atoms with Crippen LogP contribution in [0.4, 0.5) is 0 Å². The summed E-state index contributed by atoms with van der Waals surface area (Å²) in [4.78, 5) is 3.21. The van der Waals surface area contributed by atoms with Crippen molar-refractivity contribution in [2.24, 2.45) is 0 Å². The van der Waals surface area contributed by atoms with Gasteiger partial charge < -0.3 is 4.98 Å². The Morgan fingerprint density at radius 2 is 2.25 bits per heavy atom. The maximum absolute atomic E-state index is 5.69. The second kappa shape index (κ2) is 2.70. The fourth-order valence-electron chi connectivity index (χ4n) is 1.49. The Kier molecular flexibility index (Phi) is 1.68. The lowest BCUT2D eigenvalue weighted by molar-refractivity contribution is 1.15. The number of nitrogens with one attached hydrogen (secondary N) is 1. The molecule has 2 aromatic rings. The highest BCUT2D eigenvalue weighted by Gasteiger charge is 1.99. The highest BCUT2D eigenvalue weighted by atomic mass is 14.7. The van der Waals surface area contributed by atoms with E-state index < -0.39 is 0 Å². The molecule has 0 unspecified atom stereocenters. The van der Waals surface area contributed by atoms with E-state index in [1.165, 1.54) is 16.5 Å². The lowest BCUT2D eigenvalue weighted by atomic mass is 9.94. The van der Waals surface area contributed by atoms with E-state index in [0.29, 0.717) is 0 Å². The molecule has 0 saturated heterocycles. The lowest BCUT2D eigenvalue weighted by Crippen LogP contribution is -1.99. The van der Waals surface area contributed by atoms with E-state index in [2.05, 4.69) is 11.9 Å². The van der Waals surface area contributed by atoms with Crippen molar-refractivity contribution < 1.29 is 0 Å². The van der Waals surface area contributed by atoms with Gasteiger partial charge in [0.05, 0.1) is 0 Å². The molecule has 2 heteroatoms. The van der Waals surface area contributed by atoms with E-state index in [-0.39, 0.29) is 0 Å². The van der Waals surface area contributed by atoms with Crippen molar-refractivity contribution in [2.75, 3.05) is 0 Å². The van der Waals surface area contributed by atoms with E-state index in [0.717, 1.165) is 11.9 Å². The number of benzene rings is 1. The molecule has 2 radical (unpaired) electrons. The Morgan fingerprint density at radius 1 is 1.42 bits per heavy atom. The number of hydrogen-bond donors (Lipinski definition) is 1. The van der Waals surface area contributed by atoms with Crippen LogP contribution in [0.3, 0.4) is 0 Å². The van der Waals surface area contributed by atoms with Crippen molar-refractivity contribution >= 4 is 24.2 Å². The zero-order valence-corrected chi connectivity index (χ0v) is 7.09. The Labute approximate surface area is 73.2 Å². The fraction of sp³-hybridized carbons (Fsp3) is 0.200. The molecule has 0 aliphatic carbocycles. The first kappa shape index (κ1) is 7.47. The molecule has 0 atom stereocenters. The molecule has 1 heterocycles. The summed E-state index contributed by atoms with van der Waals surface area (Å²) in [6.45, 7) is 2.14. The topological polar surface area (TPSA) is 15.8 Å². The molecule has 0 spiro atoms. The maximum atomic E-state index is 5.69. The second-order valence-corrected chi connectivity index (χ2v) is 2.97. The molecule has 1 aromatic carbocycles. The van der Waals surface area contributed by atoms with Gasteiger partial charge in [-0.15, -0.1) is 0 Å². The van der Waals surface area contributed by atoms with Crippen molar-refractivity contribution in [3.63, 3.8) is 0 Å². The van der Waals surface area contributed by atoms with Gasteiger partial charge in [-0.2, -0.15) is 0 Å². The highest BCUT2D eigenvalue weighted by molar-refractivity contribution is 6.33. The third-order valence-corrected chi connectivity index (χ3v) is 2.17. The molecule has 1 N–H and O–H groups in total. The molecule has 0 bridgehead atoms. The van der Waals surface area contributed by atoms with Gasteiger partial charge in [0.25, 0.3) is 0 Å². The van der Waals surface area contributed by atoms with E-state index in [1.807, 2.05) is 24.4 Å². The smallest absolute Gasteiger partial charge is 0.113 e. The van der Waals surface area contributed by atoms with Crippen LogP contribution in [0.15, 0.2) is 24.4 Å². The summed E-state index contributed by atoms with van der Waals surface area (Å²) in [5.41, 5.74) is 3.33. The Balaban J connectivity index is 2.75. The van der Waals surface area contributed by atoms with Crippen molar-refractivity contribution in [2.45, 2.75) is 13.3 Å². The zero-order chi connectivity index (χ0) is 8.55. The van der Waals surface area contributed by atoms with Crippen LogP contribution in [0.1, 0.15) is 12.5 Å². The predicted molar refractivity (Wildman–Crippen MR) is 53.1 cm³/mol. The van der Waals surface area contributed by atoms with Crippen molar-refractivity contribution in [1.82, 2.24) is 4.98 Å². The van der Waals surface area contributed by atoms with Crippen LogP contribution >= 0.6 is 0 Å². The minimum Gasteiger partial charge on any atom is -0.361 e. The minimum absolute atomic E-state index is 0.830. The number of rotatable bonds is 1. The molecule has 0 amide bonds. The highest BCUT2D eigenvalue weighted by Crippen LogP contribution is 2.16. The fourth-order valence-corrected chi connectivity index (χ4v) is 1.49. The maximum Gasteiger partial charge on any atom is 0.113 e. The SMILES string of the molecule is [B]c1ccc2[nH]cc(CC)c2c1. The molecule has 1 aromatic heterocycles. The first-order chi connectivity index (χ1) is 5.81. The van der Waals surface area contributed by atoms with E-state index in [4.69, 9.17) is 7.85 Å². The largest absolute Gasteiger partial charge is 0.361 e. The van der Waals surface area contributed by atoms with Gasteiger partial charge in [0, 0.05) is 17.1 Å². The molecule has 12 heavy (non-hydrogen) atoms. The molecule has 2 rings (SSSR count). The number of aromatic nitrogens is 1. The Hall–Kier alpha value is -1.18. The van der Waals surface area contributed by atoms with Gasteiger partial charge in [-0.1, -0.05) is 24.5 Å². The molecule has 0 saturated carbocycles.